The van der Waals surface area contributed by atoms with Gasteiger partial charge in [-0.3, -0.25) is 0 Å². The van der Waals surface area contributed by atoms with Crippen molar-refractivity contribution in [2.75, 3.05) is 0 Å². The van der Waals surface area contributed by atoms with Gasteiger partial charge < -0.3 is 5.11 Å². The molecule has 2 aromatic carbocycles. The second-order valence-corrected chi connectivity index (χ2v) is 4.73. The molecular weight excluding hydrogens is 248 g/mol. The Bertz CT molecular complexity index is 618. The molecule has 2 nitrogen and oxygen atoms in total. The van der Waals surface area contributed by atoms with Crippen LogP contribution in [0.3, 0.4) is 0 Å². The van der Waals surface area contributed by atoms with E-state index in [1.165, 1.54) is 0 Å². The van der Waals surface area contributed by atoms with Gasteiger partial charge in [0.1, 0.15) is 0 Å². The predicted molar refractivity (Wildman–Crippen MR) is 73.3 cm³/mol. The van der Waals surface area contributed by atoms with E-state index in [-0.39, 0.29) is 0 Å². The van der Waals surface area contributed by atoms with Gasteiger partial charge in [-0.1, -0.05) is 29.8 Å². The molecule has 0 saturated carbocycles. The predicted octanol–water partition coefficient (Wildman–Crippen LogP) is 4.32. The lowest BCUT2D eigenvalue weighted by Gasteiger charge is -2.09. The zero-order valence-corrected chi connectivity index (χ0v) is 11.0. The molecule has 0 heterocycles. The lowest BCUT2D eigenvalue weighted by Crippen LogP contribution is -1.97. The van der Waals surface area contributed by atoms with Crippen LogP contribution >= 0.6 is 11.6 Å². The van der Waals surface area contributed by atoms with Gasteiger partial charge in [0.15, 0.2) is 0 Å². The van der Waals surface area contributed by atoms with E-state index < -0.39 is 5.97 Å². The molecule has 0 amide bonds. The van der Waals surface area contributed by atoms with Crippen molar-refractivity contribution in [3.05, 3.63) is 58.1 Å². The molecule has 3 heteroatoms. The number of aryl methyl sites for hydroxylation is 2. The minimum Gasteiger partial charge on any atom is -0.478 e. The molecule has 1 N–H and O–H groups in total. The zero-order chi connectivity index (χ0) is 13.3. The molecule has 0 saturated heterocycles. The minimum atomic E-state index is -0.917. The van der Waals surface area contributed by atoms with E-state index in [0.717, 1.165) is 22.3 Å². The van der Waals surface area contributed by atoms with Crippen LogP contribution in [0.5, 0.6) is 0 Å². The summed E-state index contributed by atoms with van der Waals surface area (Å²) in [5.41, 5.74) is 4.19. The Kier molecular flexibility index (Phi) is 3.39. The molecule has 0 radical (unpaired) electrons. The first-order valence-electron chi connectivity index (χ1n) is 5.59. The Labute approximate surface area is 111 Å². The molecule has 0 atom stereocenters. The normalized spacial score (nSPS) is 10.4. The molecule has 18 heavy (non-hydrogen) atoms. The smallest absolute Gasteiger partial charge is 0.335 e. The van der Waals surface area contributed by atoms with E-state index in [1.54, 1.807) is 18.2 Å². The van der Waals surface area contributed by atoms with Crippen LogP contribution in [0.25, 0.3) is 11.1 Å². The molecule has 2 aromatic rings. The molecule has 0 spiro atoms. The van der Waals surface area contributed by atoms with E-state index in [2.05, 4.69) is 0 Å². The highest BCUT2D eigenvalue weighted by atomic mass is 35.5. The van der Waals surface area contributed by atoms with Crippen molar-refractivity contribution in [2.45, 2.75) is 13.8 Å². The number of carboxylic acid groups (broad SMARTS) is 1. The SMILES string of the molecule is Cc1ccc(-c2ccc(C(=O)O)cc2C)c(Cl)c1. The number of halogens is 1. The summed E-state index contributed by atoms with van der Waals surface area (Å²) in [6, 6.07) is 10.9. The van der Waals surface area contributed by atoms with E-state index in [9.17, 15) is 4.79 Å². The Morgan fingerprint density at radius 3 is 2.28 bits per heavy atom. The van der Waals surface area contributed by atoms with Crippen LogP contribution in [-0.4, -0.2) is 11.1 Å². The Morgan fingerprint density at radius 2 is 1.72 bits per heavy atom. The summed E-state index contributed by atoms with van der Waals surface area (Å²) in [4.78, 5) is 10.9. The number of carbonyl (C=O) groups is 1. The number of hydrogen-bond donors (Lipinski definition) is 1. The minimum absolute atomic E-state index is 0.291. The number of carboxylic acids is 1. The van der Waals surface area contributed by atoms with Crippen LogP contribution in [0.15, 0.2) is 36.4 Å². The number of rotatable bonds is 2. The lowest BCUT2D eigenvalue weighted by atomic mass is 9.97. The highest BCUT2D eigenvalue weighted by Gasteiger charge is 2.09. The Morgan fingerprint density at radius 1 is 1.06 bits per heavy atom. The third-order valence-electron chi connectivity index (χ3n) is 2.89. The van der Waals surface area contributed by atoms with E-state index in [4.69, 9.17) is 16.7 Å². The molecule has 0 aliphatic rings. The first-order valence-corrected chi connectivity index (χ1v) is 5.97. The average Bonchev–Trinajstić information content (AvgIpc) is 2.30. The fourth-order valence-corrected chi connectivity index (χ4v) is 2.27. The van der Waals surface area contributed by atoms with Crippen LogP contribution < -0.4 is 0 Å². The highest BCUT2D eigenvalue weighted by molar-refractivity contribution is 6.33. The van der Waals surface area contributed by atoms with Crippen LogP contribution in [0.1, 0.15) is 21.5 Å². The first kappa shape index (κ1) is 12.7. The van der Waals surface area contributed by atoms with Crippen LogP contribution in [0, 0.1) is 13.8 Å². The highest BCUT2D eigenvalue weighted by Crippen LogP contribution is 2.31. The number of aromatic carboxylic acids is 1. The summed E-state index contributed by atoms with van der Waals surface area (Å²) in [5, 5.41) is 9.62. The van der Waals surface area contributed by atoms with E-state index >= 15 is 0 Å². The topological polar surface area (TPSA) is 37.3 Å². The number of benzene rings is 2. The fourth-order valence-electron chi connectivity index (χ4n) is 1.94. The summed E-state index contributed by atoms with van der Waals surface area (Å²) in [6.07, 6.45) is 0. The third kappa shape index (κ3) is 2.39. The third-order valence-corrected chi connectivity index (χ3v) is 3.20. The monoisotopic (exact) mass is 260 g/mol. The standard InChI is InChI=1S/C15H13ClO2/c1-9-3-5-13(14(16)7-9)12-6-4-11(15(17)18)8-10(12)2/h3-8H,1-2H3,(H,17,18). The maximum absolute atomic E-state index is 10.9. The van der Waals surface area contributed by atoms with Crippen molar-refractivity contribution < 1.29 is 9.90 Å². The summed E-state index contributed by atoms with van der Waals surface area (Å²) in [5.74, 6) is -0.917. The summed E-state index contributed by atoms with van der Waals surface area (Å²) < 4.78 is 0. The molecule has 92 valence electrons. The maximum Gasteiger partial charge on any atom is 0.335 e. The van der Waals surface area contributed by atoms with Crippen molar-refractivity contribution in [3.63, 3.8) is 0 Å². The molecule has 0 fully saturated rings. The maximum atomic E-state index is 10.9. The van der Waals surface area contributed by atoms with Crippen molar-refractivity contribution in [1.29, 1.82) is 0 Å². The van der Waals surface area contributed by atoms with Gasteiger partial charge in [0, 0.05) is 10.6 Å². The van der Waals surface area contributed by atoms with Gasteiger partial charge in [-0.25, -0.2) is 4.79 Å². The molecule has 0 aliphatic heterocycles. The summed E-state index contributed by atoms with van der Waals surface area (Å²) in [6.45, 7) is 3.87. The molecule has 2 rings (SSSR count). The van der Waals surface area contributed by atoms with Gasteiger partial charge in [-0.05, 0) is 48.7 Å². The van der Waals surface area contributed by atoms with Crippen molar-refractivity contribution in [2.24, 2.45) is 0 Å². The van der Waals surface area contributed by atoms with Gasteiger partial charge in [0.05, 0.1) is 5.56 Å². The Hall–Kier alpha value is -1.80. The Balaban J connectivity index is 2.54. The summed E-state index contributed by atoms with van der Waals surface area (Å²) in [7, 11) is 0. The fraction of sp³-hybridized carbons (Fsp3) is 0.133. The van der Waals surface area contributed by atoms with E-state index in [1.807, 2.05) is 32.0 Å². The largest absolute Gasteiger partial charge is 0.478 e. The van der Waals surface area contributed by atoms with Crippen molar-refractivity contribution in [1.82, 2.24) is 0 Å². The van der Waals surface area contributed by atoms with Crippen molar-refractivity contribution >= 4 is 17.6 Å². The van der Waals surface area contributed by atoms with Gasteiger partial charge in [0.2, 0.25) is 0 Å². The molecule has 0 bridgehead atoms. The van der Waals surface area contributed by atoms with Gasteiger partial charge in [0.25, 0.3) is 0 Å². The van der Waals surface area contributed by atoms with Crippen molar-refractivity contribution in [3.8, 4) is 11.1 Å². The number of hydrogen-bond acceptors (Lipinski definition) is 1. The lowest BCUT2D eigenvalue weighted by molar-refractivity contribution is 0.0697. The van der Waals surface area contributed by atoms with Gasteiger partial charge in [-0.2, -0.15) is 0 Å². The average molecular weight is 261 g/mol. The van der Waals surface area contributed by atoms with Crippen LogP contribution in [0.2, 0.25) is 5.02 Å². The first-order chi connectivity index (χ1) is 8.49. The van der Waals surface area contributed by atoms with E-state index in [0.29, 0.717) is 10.6 Å². The summed E-state index contributed by atoms with van der Waals surface area (Å²) >= 11 is 6.22. The quantitative estimate of drug-likeness (QED) is 0.873. The second kappa shape index (κ2) is 4.83. The van der Waals surface area contributed by atoms with Gasteiger partial charge >= 0.3 is 5.97 Å². The van der Waals surface area contributed by atoms with Gasteiger partial charge in [-0.15, -0.1) is 0 Å². The molecular formula is C15H13ClO2. The molecule has 0 unspecified atom stereocenters. The molecule has 0 aliphatic carbocycles. The second-order valence-electron chi connectivity index (χ2n) is 4.32. The van der Waals surface area contributed by atoms with Crippen LogP contribution in [-0.2, 0) is 0 Å². The zero-order valence-electron chi connectivity index (χ0n) is 10.2. The van der Waals surface area contributed by atoms with Crippen LogP contribution in [0.4, 0.5) is 0 Å². The molecule has 0 aromatic heterocycles.